The molecule has 3 nitrogen and oxygen atoms in total. The van der Waals surface area contributed by atoms with E-state index in [-0.39, 0.29) is 5.91 Å². The van der Waals surface area contributed by atoms with Crippen molar-refractivity contribution >= 4 is 23.2 Å². The average Bonchev–Trinajstić information content (AvgIpc) is 2.46. The molecule has 0 N–H and O–H groups in total. The molecule has 1 amide bonds. The fourth-order valence-corrected chi connectivity index (χ4v) is 2.00. The molecule has 0 unspecified atom stereocenters. The minimum Gasteiger partial charge on any atom is -0.497 e. The van der Waals surface area contributed by atoms with Gasteiger partial charge in [0.05, 0.1) is 17.7 Å². The maximum Gasteiger partial charge on any atom is 0.259 e. The lowest BCUT2D eigenvalue weighted by Crippen LogP contribution is -2.26. The van der Waals surface area contributed by atoms with Crippen LogP contribution in [-0.2, 0) is 0 Å². The van der Waals surface area contributed by atoms with Gasteiger partial charge < -0.3 is 9.64 Å². The van der Waals surface area contributed by atoms with Gasteiger partial charge in [-0.05, 0) is 30.3 Å². The molecule has 0 aliphatic rings. The van der Waals surface area contributed by atoms with E-state index in [0.717, 1.165) is 5.69 Å². The molecule has 98 valence electrons. The van der Waals surface area contributed by atoms with Gasteiger partial charge in [-0.3, -0.25) is 4.79 Å². The van der Waals surface area contributed by atoms with E-state index in [4.69, 9.17) is 16.3 Å². The van der Waals surface area contributed by atoms with Crippen LogP contribution in [0.1, 0.15) is 10.4 Å². The van der Waals surface area contributed by atoms with E-state index in [1.165, 1.54) is 0 Å². The molecule has 4 heteroatoms. The predicted octanol–water partition coefficient (Wildman–Crippen LogP) is 3.63. The van der Waals surface area contributed by atoms with Gasteiger partial charge in [0, 0.05) is 12.7 Å². The fourth-order valence-electron chi connectivity index (χ4n) is 1.75. The Morgan fingerprint density at radius 3 is 2.42 bits per heavy atom. The first-order valence-electron chi connectivity index (χ1n) is 5.80. The van der Waals surface area contributed by atoms with Crippen LogP contribution < -0.4 is 9.64 Å². The Morgan fingerprint density at radius 2 is 1.84 bits per heavy atom. The SMILES string of the molecule is COc1ccc(C(=O)N(C)c2ccccc2)c(Cl)c1. The molecule has 2 rings (SSSR count). The van der Waals surface area contributed by atoms with Gasteiger partial charge in [-0.25, -0.2) is 0 Å². The van der Waals surface area contributed by atoms with E-state index in [0.29, 0.717) is 16.3 Å². The first-order chi connectivity index (χ1) is 9.13. The van der Waals surface area contributed by atoms with Gasteiger partial charge in [0.25, 0.3) is 5.91 Å². The smallest absolute Gasteiger partial charge is 0.259 e. The molecular weight excluding hydrogens is 262 g/mol. The summed E-state index contributed by atoms with van der Waals surface area (Å²) in [4.78, 5) is 13.9. The lowest BCUT2D eigenvalue weighted by molar-refractivity contribution is 0.0993. The fraction of sp³-hybridized carbons (Fsp3) is 0.133. The zero-order chi connectivity index (χ0) is 13.8. The Hall–Kier alpha value is -2.00. The van der Waals surface area contributed by atoms with Crippen molar-refractivity contribution in [1.29, 1.82) is 0 Å². The third-order valence-corrected chi connectivity index (χ3v) is 3.17. The summed E-state index contributed by atoms with van der Waals surface area (Å²) in [6, 6.07) is 14.4. The number of amides is 1. The number of anilines is 1. The van der Waals surface area contributed by atoms with Gasteiger partial charge in [0.15, 0.2) is 0 Å². The third-order valence-electron chi connectivity index (χ3n) is 2.85. The van der Waals surface area contributed by atoms with Crippen molar-refractivity contribution in [2.75, 3.05) is 19.1 Å². The van der Waals surface area contributed by atoms with Crippen LogP contribution in [0.2, 0.25) is 5.02 Å². The molecule has 0 aliphatic heterocycles. The average molecular weight is 276 g/mol. The molecule has 0 heterocycles. The van der Waals surface area contributed by atoms with Crippen LogP contribution in [0.15, 0.2) is 48.5 Å². The highest BCUT2D eigenvalue weighted by Crippen LogP contribution is 2.24. The molecule has 0 atom stereocenters. The zero-order valence-corrected chi connectivity index (χ0v) is 11.5. The topological polar surface area (TPSA) is 29.5 Å². The van der Waals surface area contributed by atoms with Gasteiger partial charge in [-0.2, -0.15) is 0 Å². The number of hydrogen-bond donors (Lipinski definition) is 0. The number of para-hydroxylation sites is 1. The Morgan fingerprint density at radius 1 is 1.16 bits per heavy atom. The Kier molecular flexibility index (Phi) is 4.07. The quantitative estimate of drug-likeness (QED) is 0.856. The van der Waals surface area contributed by atoms with Crippen molar-refractivity contribution in [2.45, 2.75) is 0 Å². The number of rotatable bonds is 3. The third kappa shape index (κ3) is 2.88. The summed E-state index contributed by atoms with van der Waals surface area (Å²) in [5, 5.41) is 0.382. The highest BCUT2D eigenvalue weighted by molar-refractivity contribution is 6.34. The van der Waals surface area contributed by atoms with Gasteiger partial charge >= 0.3 is 0 Å². The number of benzene rings is 2. The van der Waals surface area contributed by atoms with Crippen molar-refractivity contribution in [2.24, 2.45) is 0 Å². The van der Waals surface area contributed by atoms with Crippen LogP contribution >= 0.6 is 11.6 Å². The van der Waals surface area contributed by atoms with Crippen LogP contribution in [0.5, 0.6) is 5.75 Å². The highest BCUT2D eigenvalue weighted by Gasteiger charge is 2.16. The second-order valence-corrected chi connectivity index (χ2v) is 4.45. The number of nitrogens with zero attached hydrogens (tertiary/aromatic N) is 1. The van der Waals surface area contributed by atoms with E-state index < -0.39 is 0 Å². The van der Waals surface area contributed by atoms with E-state index in [1.54, 1.807) is 37.3 Å². The Bertz CT molecular complexity index is 584. The summed E-state index contributed by atoms with van der Waals surface area (Å²) in [5.41, 5.74) is 1.27. The van der Waals surface area contributed by atoms with E-state index in [9.17, 15) is 4.79 Å². The first-order valence-corrected chi connectivity index (χ1v) is 6.18. The predicted molar refractivity (Wildman–Crippen MR) is 77.2 cm³/mol. The van der Waals surface area contributed by atoms with Crippen LogP contribution in [0.3, 0.4) is 0 Å². The Balaban J connectivity index is 2.29. The molecule has 2 aromatic carbocycles. The molecule has 0 aromatic heterocycles. The van der Waals surface area contributed by atoms with Crippen LogP contribution in [0.4, 0.5) is 5.69 Å². The summed E-state index contributed by atoms with van der Waals surface area (Å²) in [6.45, 7) is 0. The summed E-state index contributed by atoms with van der Waals surface area (Å²) in [6.07, 6.45) is 0. The van der Waals surface area contributed by atoms with Crippen molar-refractivity contribution < 1.29 is 9.53 Å². The van der Waals surface area contributed by atoms with Crippen molar-refractivity contribution in [3.63, 3.8) is 0 Å². The lowest BCUT2D eigenvalue weighted by atomic mass is 10.1. The molecule has 0 fully saturated rings. The monoisotopic (exact) mass is 275 g/mol. The number of hydrogen-bond acceptors (Lipinski definition) is 2. The minimum absolute atomic E-state index is 0.154. The maximum absolute atomic E-state index is 12.4. The first kappa shape index (κ1) is 13.4. The number of ether oxygens (including phenoxy) is 1. The molecule has 0 radical (unpaired) electrons. The van der Waals surface area contributed by atoms with E-state index in [1.807, 2.05) is 30.3 Å². The van der Waals surface area contributed by atoms with Crippen LogP contribution in [0.25, 0.3) is 0 Å². The molecule has 19 heavy (non-hydrogen) atoms. The van der Waals surface area contributed by atoms with Gasteiger partial charge in [-0.1, -0.05) is 29.8 Å². The molecular formula is C15H14ClNO2. The summed E-state index contributed by atoms with van der Waals surface area (Å²) < 4.78 is 5.07. The van der Waals surface area contributed by atoms with E-state index in [2.05, 4.69) is 0 Å². The second-order valence-electron chi connectivity index (χ2n) is 4.05. The summed E-state index contributed by atoms with van der Waals surface area (Å²) in [7, 11) is 3.28. The van der Waals surface area contributed by atoms with Gasteiger partial charge in [0.2, 0.25) is 0 Å². The van der Waals surface area contributed by atoms with Crippen LogP contribution in [0, 0.1) is 0 Å². The molecule has 0 spiro atoms. The van der Waals surface area contributed by atoms with Crippen molar-refractivity contribution in [1.82, 2.24) is 0 Å². The summed E-state index contributed by atoms with van der Waals surface area (Å²) in [5.74, 6) is 0.475. The van der Waals surface area contributed by atoms with Gasteiger partial charge in [0.1, 0.15) is 5.75 Å². The van der Waals surface area contributed by atoms with Crippen molar-refractivity contribution in [3.8, 4) is 5.75 Å². The normalized spacial score (nSPS) is 10.1. The largest absolute Gasteiger partial charge is 0.497 e. The highest BCUT2D eigenvalue weighted by atomic mass is 35.5. The zero-order valence-electron chi connectivity index (χ0n) is 10.8. The Labute approximate surface area is 117 Å². The van der Waals surface area contributed by atoms with E-state index >= 15 is 0 Å². The second kappa shape index (κ2) is 5.76. The van der Waals surface area contributed by atoms with Crippen molar-refractivity contribution in [3.05, 3.63) is 59.1 Å². The number of carbonyl (C=O) groups excluding carboxylic acids is 1. The summed E-state index contributed by atoms with van der Waals surface area (Å²) >= 11 is 6.11. The van der Waals surface area contributed by atoms with Gasteiger partial charge in [-0.15, -0.1) is 0 Å². The molecule has 0 saturated carbocycles. The molecule has 0 aliphatic carbocycles. The number of methoxy groups -OCH3 is 1. The number of carbonyl (C=O) groups is 1. The minimum atomic E-state index is -0.154. The standard InChI is InChI=1S/C15H14ClNO2/c1-17(11-6-4-3-5-7-11)15(18)13-9-8-12(19-2)10-14(13)16/h3-10H,1-2H3. The lowest BCUT2D eigenvalue weighted by Gasteiger charge is -2.18. The molecule has 0 bridgehead atoms. The van der Waals surface area contributed by atoms with Crippen LogP contribution in [-0.4, -0.2) is 20.1 Å². The maximum atomic E-state index is 12.4. The molecule has 0 saturated heterocycles. The number of halogens is 1. The molecule has 2 aromatic rings.